The van der Waals surface area contributed by atoms with Crippen LogP contribution in [0.4, 0.5) is 0 Å². The molecule has 1 atom stereocenters. The highest BCUT2D eigenvalue weighted by Crippen LogP contribution is 2.10. The number of carboxylic acid groups (broad SMARTS) is 1. The molecule has 0 fully saturated rings. The quantitative estimate of drug-likeness (QED) is 0.859. The van der Waals surface area contributed by atoms with Gasteiger partial charge in [-0.3, -0.25) is 4.98 Å². The van der Waals surface area contributed by atoms with Crippen LogP contribution in [0.3, 0.4) is 0 Å². The summed E-state index contributed by atoms with van der Waals surface area (Å²) in [5.74, 6) is -0.998. The van der Waals surface area contributed by atoms with Gasteiger partial charge in [-0.2, -0.15) is 0 Å². The van der Waals surface area contributed by atoms with Gasteiger partial charge >= 0.3 is 5.97 Å². The Morgan fingerprint density at radius 2 is 2.12 bits per heavy atom. The van der Waals surface area contributed by atoms with Crippen LogP contribution in [0.5, 0.6) is 0 Å². The van der Waals surface area contributed by atoms with Crippen LogP contribution in [0.2, 0.25) is 0 Å². The lowest BCUT2D eigenvalue weighted by molar-refractivity contribution is -0.148. The minimum Gasteiger partial charge on any atom is -0.479 e. The predicted octanol–water partition coefficient (Wildman–Crippen LogP) is 1.27. The van der Waals surface area contributed by atoms with E-state index in [4.69, 9.17) is 9.84 Å². The Kier molecular flexibility index (Phi) is 3.30. The summed E-state index contributed by atoms with van der Waals surface area (Å²) < 4.78 is 4.86. The van der Waals surface area contributed by atoms with Crippen LogP contribution in [0.15, 0.2) is 30.5 Å². The summed E-state index contributed by atoms with van der Waals surface area (Å²) in [7, 11) is 1.37. The number of aliphatic carboxylic acids is 1. The van der Waals surface area contributed by atoms with Gasteiger partial charge in [-0.1, -0.05) is 12.1 Å². The summed E-state index contributed by atoms with van der Waals surface area (Å²) in [6, 6.07) is 7.45. The summed E-state index contributed by atoms with van der Waals surface area (Å²) in [4.78, 5) is 19.4. The maximum absolute atomic E-state index is 10.8. The van der Waals surface area contributed by atoms with E-state index >= 15 is 0 Å². The monoisotopic (exact) mass is 232 g/mol. The van der Waals surface area contributed by atoms with E-state index in [-0.39, 0.29) is 6.42 Å². The number of rotatable bonds is 4. The van der Waals surface area contributed by atoms with Gasteiger partial charge in [0, 0.05) is 19.7 Å². The van der Waals surface area contributed by atoms with Crippen molar-refractivity contribution in [2.45, 2.75) is 12.5 Å². The maximum Gasteiger partial charge on any atom is 0.333 e. The van der Waals surface area contributed by atoms with E-state index in [0.29, 0.717) is 5.69 Å². The third-order valence-electron chi connectivity index (χ3n) is 2.45. The summed E-state index contributed by atoms with van der Waals surface area (Å²) in [5.41, 5.74) is 2.16. The molecule has 1 heterocycles. The van der Waals surface area contributed by atoms with E-state index in [0.717, 1.165) is 11.0 Å². The van der Waals surface area contributed by atoms with Gasteiger partial charge in [-0.05, 0) is 12.1 Å². The molecule has 17 heavy (non-hydrogen) atoms. The van der Waals surface area contributed by atoms with Crippen molar-refractivity contribution in [3.05, 3.63) is 36.2 Å². The molecule has 2 aromatic rings. The first kappa shape index (κ1) is 11.5. The molecule has 5 nitrogen and oxygen atoms in total. The molecule has 0 saturated heterocycles. The summed E-state index contributed by atoms with van der Waals surface area (Å²) >= 11 is 0. The zero-order chi connectivity index (χ0) is 12.3. The van der Waals surface area contributed by atoms with E-state index in [1.54, 1.807) is 6.20 Å². The number of carbonyl (C=O) groups is 1. The molecule has 0 amide bonds. The Bertz CT molecular complexity index is 542. The molecular weight excluding hydrogens is 220 g/mol. The number of carboxylic acids is 1. The van der Waals surface area contributed by atoms with Gasteiger partial charge in [0.05, 0.1) is 16.7 Å². The SMILES string of the molecule is COC(Cc1cnc2ccccc2n1)C(=O)O. The molecule has 0 spiro atoms. The van der Waals surface area contributed by atoms with Gasteiger partial charge in [-0.15, -0.1) is 0 Å². The van der Waals surface area contributed by atoms with Gasteiger partial charge in [0.1, 0.15) is 0 Å². The van der Waals surface area contributed by atoms with Crippen LogP contribution in [0.25, 0.3) is 11.0 Å². The number of nitrogens with zero attached hydrogens (tertiary/aromatic N) is 2. The second kappa shape index (κ2) is 4.88. The first-order valence-electron chi connectivity index (χ1n) is 5.17. The highest BCUT2D eigenvalue weighted by molar-refractivity contribution is 5.74. The van der Waals surface area contributed by atoms with Crippen molar-refractivity contribution in [1.29, 1.82) is 0 Å². The fourth-order valence-electron chi connectivity index (χ4n) is 1.56. The van der Waals surface area contributed by atoms with Crippen LogP contribution < -0.4 is 0 Å². The predicted molar refractivity (Wildman–Crippen MR) is 61.7 cm³/mol. The number of hydrogen-bond donors (Lipinski definition) is 1. The molecule has 1 N–H and O–H groups in total. The molecule has 1 aromatic carbocycles. The average molecular weight is 232 g/mol. The molecule has 0 saturated carbocycles. The second-order valence-corrected chi connectivity index (χ2v) is 3.62. The molecule has 0 bridgehead atoms. The van der Waals surface area contributed by atoms with Crippen molar-refractivity contribution >= 4 is 17.0 Å². The number of para-hydroxylation sites is 2. The summed E-state index contributed by atoms with van der Waals surface area (Å²) in [6.07, 6.45) is 0.909. The maximum atomic E-state index is 10.8. The second-order valence-electron chi connectivity index (χ2n) is 3.62. The van der Waals surface area contributed by atoms with Crippen LogP contribution in [0, 0.1) is 0 Å². The molecule has 0 aliphatic heterocycles. The Morgan fingerprint density at radius 1 is 1.41 bits per heavy atom. The van der Waals surface area contributed by atoms with Crippen molar-refractivity contribution in [2.24, 2.45) is 0 Å². The molecule has 0 aliphatic rings. The lowest BCUT2D eigenvalue weighted by atomic mass is 10.2. The highest BCUT2D eigenvalue weighted by atomic mass is 16.5. The van der Waals surface area contributed by atoms with E-state index in [9.17, 15) is 4.79 Å². The van der Waals surface area contributed by atoms with Gasteiger partial charge in [0.2, 0.25) is 0 Å². The molecule has 0 radical (unpaired) electrons. The molecular formula is C12H12N2O3. The van der Waals surface area contributed by atoms with Crippen molar-refractivity contribution in [3.63, 3.8) is 0 Å². The third kappa shape index (κ3) is 2.57. The van der Waals surface area contributed by atoms with Crippen LogP contribution in [-0.4, -0.2) is 34.3 Å². The van der Waals surface area contributed by atoms with Crippen molar-refractivity contribution < 1.29 is 14.6 Å². The first-order chi connectivity index (χ1) is 8.20. The number of aromatic nitrogens is 2. The number of hydrogen-bond acceptors (Lipinski definition) is 4. The average Bonchev–Trinajstić information content (AvgIpc) is 2.35. The van der Waals surface area contributed by atoms with E-state index in [1.165, 1.54) is 7.11 Å². The fourth-order valence-corrected chi connectivity index (χ4v) is 1.56. The number of ether oxygens (including phenoxy) is 1. The van der Waals surface area contributed by atoms with Crippen LogP contribution in [0.1, 0.15) is 5.69 Å². The first-order valence-corrected chi connectivity index (χ1v) is 5.17. The summed E-state index contributed by atoms with van der Waals surface area (Å²) in [6.45, 7) is 0. The third-order valence-corrected chi connectivity index (χ3v) is 2.45. The molecule has 2 rings (SSSR count). The number of fused-ring (bicyclic) bond motifs is 1. The largest absolute Gasteiger partial charge is 0.479 e. The minimum atomic E-state index is -0.998. The molecule has 0 aliphatic carbocycles. The summed E-state index contributed by atoms with van der Waals surface area (Å²) in [5, 5.41) is 8.87. The Balaban J connectivity index is 2.27. The molecule has 5 heteroatoms. The Labute approximate surface area is 98.1 Å². The standard InChI is InChI=1S/C12H12N2O3/c1-17-11(12(15)16)6-8-7-13-9-4-2-3-5-10(9)14-8/h2-5,7,11H,6H2,1H3,(H,15,16). The van der Waals surface area contributed by atoms with E-state index in [1.807, 2.05) is 24.3 Å². The molecule has 1 aromatic heterocycles. The fraction of sp³-hybridized carbons (Fsp3) is 0.250. The van der Waals surface area contributed by atoms with Crippen molar-refractivity contribution in [1.82, 2.24) is 9.97 Å². The van der Waals surface area contributed by atoms with Gasteiger partial charge in [-0.25, -0.2) is 9.78 Å². The number of benzene rings is 1. The van der Waals surface area contributed by atoms with Crippen molar-refractivity contribution in [3.8, 4) is 0 Å². The molecule has 88 valence electrons. The van der Waals surface area contributed by atoms with Crippen molar-refractivity contribution in [2.75, 3.05) is 7.11 Å². The molecule has 1 unspecified atom stereocenters. The van der Waals surface area contributed by atoms with Gasteiger partial charge < -0.3 is 9.84 Å². The van der Waals surface area contributed by atoms with Gasteiger partial charge in [0.25, 0.3) is 0 Å². The van der Waals surface area contributed by atoms with Crippen LogP contribution >= 0.6 is 0 Å². The van der Waals surface area contributed by atoms with Crippen LogP contribution in [-0.2, 0) is 16.0 Å². The Morgan fingerprint density at radius 3 is 2.76 bits per heavy atom. The van der Waals surface area contributed by atoms with Gasteiger partial charge in [0.15, 0.2) is 6.10 Å². The normalized spacial score (nSPS) is 12.5. The zero-order valence-electron chi connectivity index (χ0n) is 9.33. The number of methoxy groups -OCH3 is 1. The highest BCUT2D eigenvalue weighted by Gasteiger charge is 2.17. The smallest absolute Gasteiger partial charge is 0.333 e. The van der Waals surface area contributed by atoms with E-state index in [2.05, 4.69) is 9.97 Å². The van der Waals surface area contributed by atoms with E-state index < -0.39 is 12.1 Å². The zero-order valence-corrected chi connectivity index (χ0v) is 9.33. The lowest BCUT2D eigenvalue weighted by Gasteiger charge is -2.09. The lowest BCUT2D eigenvalue weighted by Crippen LogP contribution is -2.25. The Hall–Kier alpha value is -2.01. The topological polar surface area (TPSA) is 72.3 Å². The minimum absolute atomic E-state index is 0.212.